The molecule has 0 bridgehead atoms. The Kier molecular flexibility index (Phi) is 5.67. The predicted molar refractivity (Wildman–Crippen MR) is 96.3 cm³/mol. The fraction of sp³-hybridized carbons (Fsp3) is 0.632. The monoisotopic (exact) mass is 385 g/mol. The summed E-state index contributed by atoms with van der Waals surface area (Å²) in [5, 5.41) is 15.6. The van der Waals surface area contributed by atoms with Gasteiger partial charge in [-0.3, -0.25) is 4.79 Å². The van der Waals surface area contributed by atoms with Crippen LogP contribution in [0, 0.1) is 11.8 Å². The van der Waals surface area contributed by atoms with Crippen molar-refractivity contribution >= 4 is 11.6 Å². The SMILES string of the molecule is CN[C@H](C(=O)N[C@H]1CC[C@@H]2CN(c3ccc(C(F)(F)F)cc3)C[C@@H]21)[C@H](C)O. The van der Waals surface area contributed by atoms with Crippen LogP contribution in [0.2, 0.25) is 0 Å². The van der Waals surface area contributed by atoms with E-state index in [0.717, 1.165) is 37.2 Å². The number of benzene rings is 1. The van der Waals surface area contributed by atoms with Crippen molar-refractivity contribution in [3.05, 3.63) is 29.8 Å². The lowest BCUT2D eigenvalue weighted by Gasteiger charge is -2.26. The molecule has 2 aliphatic rings. The van der Waals surface area contributed by atoms with Gasteiger partial charge in [0.05, 0.1) is 11.7 Å². The Hall–Kier alpha value is -1.80. The minimum atomic E-state index is -4.33. The Morgan fingerprint density at radius 1 is 1.22 bits per heavy atom. The van der Waals surface area contributed by atoms with Gasteiger partial charge in [-0.1, -0.05) is 0 Å². The molecule has 3 N–H and O–H groups in total. The minimum absolute atomic E-state index is 0.0246. The first-order chi connectivity index (χ1) is 12.7. The van der Waals surface area contributed by atoms with Crippen molar-refractivity contribution in [2.45, 2.75) is 44.1 Å². The third-order valence-electron chi connectivity index (χ3n) is 5.82. The molecule has 1 amide bonds. The molecule has 5 nitrogen and oxygen atoms in total. The van der Waals surface area contributed by atoms with Crippen molar-refractivity contribution in [2.24, 2.45) is 11.8 Å². The lowest BCUT2D eigenvalue weighted by atomic mass is 9.97. The van der Waals surface area contributed by atoms with Crippen LogP contribution in [0.4, 0.5) is 18.9 Å². The molecular weight excluding hydrogens is 359 g/mol. The van der Waals surface area contributed by atoms with Crippen molar-refractivity contribution in [3.8, 4) is 0 Å². The Morgan fingerprint density at radius 2 is 1.89 bits per heavy atom. The molecule has 3 rings (SSSR count). The van der Waals surface area contributed by atoms with Gasteiger partial charge in [0.2, 0.25) is 5.91 Å². The zero-order valence-electron chi connectivity index (χ0n) is 15.5. The van der Waals surface area contributed by atoms with E-state index in [4.69, 9.17) is 0 Å². The number of amides is 1. The van der Waals surface area contributed by atoms with E-state index in [1.807, 2.05) is 0 Å². The second kappa shape index (κ2) is 7.67. The molecule has 0 spiro atoms. The number of halogens is 3. The fourth-order valence-corrected chi connectivity index (χ4v) is 4.38. The predicted octanol–water partition coefficient (Wildman–Crippen LogP) is 2.01. The molecule has 1 aliphatic heterocycles. The van der Waals surface area contributed by atoms with Crippen LogP contribution in [-0.4, -0.2) is 49.3 Å². The second-order valence-corrected chi connectivity index (χ2v) is 7.57. The summed E-state index contributed by atoms with van der Waals surface area (Å²) >= 11 is 0. The molecule has 0 unspecified atom stereocenters. The average molecular weight is 385 g/mol. The standard InChI is InChI=1S/C19H26F3N3O2/c1-11(26)17(23-2)18(27)24-16-8-3-12-9-25(10-15(12)16)14-6-4-13(5-7-14)19(20,21)22/h4-7,11-12,15-17,23,26H,3,8-10H2,1-2H3,(H,24,27)/t11-,12+,15-,16-,17-/m0/s1. The molecule has 150 valence electrons. The maximum atomic E-state index is 12.7. The van der Waals surface area contributed by atoms with Gasteiger partial charge in [-0.15, -0.1) is 0 Å². The smallest absolute Gasteiger partial charge is 0.391 e. The zero-order valence-corrected chi connectivity index (χ0v) is 15.5. The first-order valence-electron chi connectivity index (χ1n) is 9.28. The third-order valence-corrected chi connectivity index (χ3v) is 5.82. The van der Waals surface area contributed by atoms with Gasteiger partial charge >= 0.3 is 6.18 Å². The molecule has 1 aromatic rings. The molecular formula is C19H26F3N3O2. The van der Waals surface area contributed by atoms with Crippen molar-refractivity contribution in [2.75, 3.05) is 25.0 Å². The average Bonchev–Trinajstić information content (AvgIpc) is 3.16. The largest absolute Gasteiger partial charge is 0.416 e. The van der Waals surface area contributed by atoms with Crippen LogP contribution in [-0.2, 0) is 11.0 Å². The van der Waals surface area contributed by atoms with Crippen LogP contribution in [0.15, 0.2) is 24.3 Å². The first kappa shape index (κ1) is 19.9. The van der Waals surface area contributed by atoms with Gasteiger partial charge in [0.1, 0.15) is 6.04 Å². The number of rotatable bonds is 5. The Balaban J connectivity index is 1.63. The maximum absolute atomic E-state index is 12.7. The van der Waals surface area contributed by atoms with E-state index in [1.165, 1.54) is 12.1 Å². The van der Waals surface area contributed by atoms with Gasteiger partial charge in [-0.05, 0) is 57.0 Å². The number of likely N-dealkylation sites (N-methyl/N-ethyl adjacent to an activating group) is 1. The Morgan fingerprint density at radius 3 is 2.44 bits per heavy atom. The molecule has 0 aromatic heterocycles. The quantitative estimate of drug-likeness (QED) is 0.726. The zero-order chi connectivity index (χ0) is 19.8. The van der Waals surface area contributed by atoms with Gasteiger partial charge in [0.25, 0.3) is 0 Å². The van der Waals surface area contributed by atoms with Crippen LogP contribution in [0.5, 0.6) is 0 Å². The third kappa shape index (κ3) is 4.21. The molecule has 1 aromatic carbocycles. The summed E-state index contributed by atoms with van der Waals surface area (Å²) in [7, 11) is 1.64. The van der Waals surface area contributed by atoms with Gasteiger partial charge < -0.3 is 20.6 Å². The molecule has 1 saturated heterocycles. The van der Waals surface area contributed by atoms with Crippen LogP contribution < -0.4 is 15.5 Å². The van der Waals surface area contributed by atoms with E-state index in [-0.39, 0.29) is 17.9 Å². The van der Waals surface area contributed by atoms with E-state index >= 15 is 0 Å². The lowest BCUT2D eigenvalue weighted by molar-refractivity contribution is -0.137. The number of hydrogen-bond acceptors (Lipinski definition) is 4. The van der Waals surface area contributed by atoms with Gasteiger partial charge in [-0.25, -0.2) is 0 Å². The summed E-state index contributed by atoms with van der Waals surface area (Å²) in [5.41, 5.74) is 0.131. The molecule has 27 heavy (non-hydrogen) atoms. The van der Waals surface area contributed by atoms with Crippen molar-refractivity contribution in [1.82, 2.24) is 10.6 Å². The maximum Gasteiger partial charge on any atom is 0.416 e. The summed E-state index contributed by atoms with van der Waals surface area (Å²) in [5.74, 6) is 0.464. The second-order valence-electron chi connectivity index (χ2n) is 7.57. The number of nitrogens with zero attached hydrogens (tertiary/aromatic N) is 1. The first-order valence-corrected chi connectivity index (χ1v) is 9.28. The number of hydrogen-bond donors (Lipinski definition) is 3. The number of nitrogens with one attached hydrogen (secondary N) is 2. The number of aliphatic hydroxyl groups is 1. The summed E-state index contributed by atoms with van der Waals surface area (Å²) in [4.78, 5) is 14.5. The molecule has 2 fully saturated rings. The minimum Gasteiger partial charge on any atom is -0.391 e. The van der Waals surface area contributed by atoms with Gasteiger partial charge in [-0.2, -0.15) is 13.2 Å². The topological polar surface area (TPSA) is 64.6 Å². The molecule has 1 aliphatic carbocycles. The molecule has 1 saturated carbocycles. The van der Waals surface area contributed by atoms with Crippen LogP contribution >= 0.6 is 0 Å². The summed E-state index contributed by atoms with van der Waals surface area (Å²) in [6.45, 7) is 3.06. The highest BCUT2D eigenvalue weighted by Crippen LogP contribution is 2.40. The number of carbonyl (C=O) groups excluding carboxylic acids is 1. The highest BCUT2D eigenvalue weighted by atomic mass is 19.4. The van der Waals surface area contributed by atoms with E-state index in [9.17, 15) is 23.1 Å². The van der Waals surface area contributed by atoms with Gasteiger partial charge in [0, 0.05) is 30.7 Å². The van der Waals surface area contributed by atoms with E-state index in [0.29, 0.717) is 12.5 Å². The summed E-state index contributed by atoms with van der Waals surface area (Å²) < 4.78 is 38.2. The number of carbonyl (C=O) groups is 1. The number of aliphatic hydroxyl groups excluding tert-OH is 1. The van der Waals surface area contributed by atoms with Crippen molar-refractivity contribution < 1.29 is 23.1 Å². The fourth-order valence-electron chi connectivity index (χ4n) is 4.38. The Bertz CT molecular complexity index is 663. The number of fused-ring (bicyclic) bond motifs is 1. The normalized spacial score (nSPS) is 27.3. The number of anilines is 1. The molecule has 8 heteroatoms. The molecule has 5 atom stereocenters. The summed E-state index contributed by atoms with van der Waals surface area (Å²) in [6.07, 6.45) is -3.26. The van der Waals surface area contributed by atoms with Crippen LogP contribution in [0.1, 0.15) is 25.3 Å². The lowest BCUT2D eigenvalue weighted by Crippen LogP contribution is -2.52. The molecule has 0 radical (unpaired) electrons. The highest BCUT2D eigenvalue weighted by molar-refractivity contribution is 5.82. The Labute approximate surface area is 156 Å². The van der Waals surface area contributed by atoms with Crippen molar-refractivity contribution in [1.29, 1.82) is 0 Å². The highest BCUT2D eigenvalue weighted by Gasteiger charge is 2.44. The van der Waals surface area contributed by atoms with Crippen molar-refractivity contribution in [3.63, 3.8) is 0 Å². The van der Waals surface area contributed by atoms with E-state index in [2.05, 4.69) is 15.5 Å². The van der Waals surface area contributed by atoms with Gasteiger partial charge in [0.15, 0.2) is 0 Å². The number of alkyl halides is 3. The molecule has 1 heterocycles. The van der Waals surface area contributed by atoms with Crippen LogP contribution in [0.25, 0.3) is 0 Å². The summed E-state index contributed by atoms with van der Waals surface area (Å²) in [6, 6.07) is 4.63. The van der Waals surface area contributed by atoms with E-state index in [1.54, 1.807) is 14.0 Å². The van der Waals surface area contributed by atoms with Crippen LogP contribution in [0.3, 0.4) is 0 Å². The van der Waals surface area contributed by atoms with E-state index < -0.39 is 23.9 Å².